The third-order valence-corrected chi connectivity index (χ3v) is 10.7. The molecule has 0 heterocycles. The highest BCUT2D eigenvalue weighted by Crippen LogP contribution is 2.38. The van der Waals surface area contributed by atoms with Gasteiger partial charge in [0.1, 0.15) is 12.6 Å². The van der Waals surface area contributed by atoms with Gasteiger partial charge >= 0.3 is 6.18 Å². The summed E-state index contributed by atoms with van der Waals surface area (Å²) in [5, 5.41) is 3.11. The lowest BCUT2D eigenvalue weighted by Gasteiger charge is -2.35. The maximum absolute atomic E-state index is 14.3. The van der Waals surface area contributed by atoms with E-state index >= 15 is 0 Å². The molecule has 7 nitrogen and oxygen atoms in total. The molecule has 1 atom stereocenters. The highest BCUT2D eigenvalue weighted by Gasteiger charge is 2.37. The molecule has 0 radical (unpaired) electrons. The molecule has 0 aliphatic heterocycles. The van der Waals surface area contributed by atoms with Crippen molar-refractivity contribution < 1.29 is 31.2 Å². The van der Waals surface area contributed by atoms with E-state index in [-0.39, 0.29) is 39.0 Å². The highest BCUT2D eigenvalue weighted by molar-refractivity contribution is 7.92. The second-order valence-corrected chi connectivity index (χ2v) is 14.1. The minimum atomic E-state index is -4.83. The Kier molecular flexibility index (Phi) is 11.9. The number of hydrogen-bond acceptors (Lipinski definition) is 4. The van der Waals surface area contributed by atoms with E-state index in [2.05, 4.69) is 5.32 Å². The average molecular weight is 719 g/mol. The number of nitrogens with one attached hydrogen (secondary N) is 1. The second-order valence-electron chi connectivity index (χ2n) is 11.0. The van der Waals surface area contributed by atoms with Gasteiger partial charge in [-0.1, -0.05) is 85.3 Å². The fourth-order valence-electron chi connectivity index (χ4n) is 5.43. The second kappa shape index (κ2) is 15.3. The summed E-state index contributed by atoms with van der Waals surface area (Å²) in [5.41, 5.74) is -1.40. The molecule has 1 saturated carbocycles. The molecule has 2 amide bonds. The SMILES string of the molecule is CC[C@@H](C(=O)NC1CCCCC1)N(Cc1c(Cl)cccc1Cl)C(=O)CN(c1cc(C(F)(F)F)ccc1Cl)S(=O)(=O)c1ccccc1. The summed E-state index contributed by atoms with van der Waals surface area (Å²) in [6, 6.07) is 12.7. The molecule has 0 unspecified atom stereocenters. The van der Waals surface area contributed by atoms with E-state index in [1.807, 2.05) is 0 Å². The molecule has 4 rings (SSSR count). The molecule has 248 valence electrons. The number of benzene rings is 3. The Morgan fingerprint density at radius 1 is 0.913 bits per heavy atom. The van der Waals surface area contributed by atoms with E-state index in [0.717, 1.165) is 44.2 Å². The number of carbonyl (C=O) groups is 2. The number of amides is 2. The smallest absolute Gasteiger partial charge is 0.352 e. The van der Waals surface area contributed by atoms with Crippen LogP contribution in [0.25, 0.3) is 0 Å². The van der Waals surface area contributed by atoms with Gasteiger partial charge < -0.3 is 10.2 Å². The van der Waals surface area contributed by atoms with Crippen LogP contribution < -0.4 is 9.62 Å². The van der Waals surface area contributed by atoms with Gasteiger partial charge in [0.2, 0.25) is 11.8 Å². The molecule has 46 heavy (non-hydrogen) atoms. The normalized spacial score (nSPS) is 14.8. The highest BCUT2D eigenvalue weighted by atomic mass is 35.5. The van der Waals surface area contributed by atoms with Crippen LogP contribution in [-0.2, 0) is 32.3 Å². The molecular formula is C32H33Cl3F3N3O4S. The Morgan fingerprint density at radius 2 is 1.54 bits per heavy atom. The van der Waals surface area contributed by atoms with Crippen molar-refractivity contribution in [1.82, 2.24) is 10.2 Å². The summed E-state index contributed by atoms with van der Waals surface area (Å²) < 4.78 is 69.8. The Labute approximate surface area is 281 Å². The molecule has 0 saturated heterocycles. The molecule has 1 aliphatic carbocycles. The van der Waals surface area contributed by atoms with Crippen molar-refractivity contribution >= 4 is 62.3 Å². The first kappa shape index (κ1) is 35.9. The van der Waals surface area contributed by atoms with Crippen LogP contribution >= 0.6 is 34.8 Å². The van der Waals surface area contributed by atoms with Gasteiger partial charge in [-0.3, -0.25) is 13.9 Å². The van der Waals surface area contributed by atoms with Gasteiger partial charge in [-0.25, -0.2) is 8.42 Å². The van der Waals surface area contributed by atoms with Crippen LogP contribution in [0.1, 0.15) is 56.6 Å². The van der Waals surface area contributed by atoms with Crippen molar-refractivity contribution in [2.24, 2.45) is 0 Å². The first-order valence-corrected chi connectivity index (χ1v) is 17.3. The van der Waals surface area contributed by atoms with E-state index in [9.17, 15) is 31.2 Å². The molecular weight excluding hydrogens is 686 g/mol. The summed E-state index contributed by atoms with van der Waals surface area (Å²) >= 11 is 19.2. The average Bonchev–Trinajstić information content (AvgIpc) is 3.01. The number of carbonyl (C=O) groups excluding carboxylic acids is 2. The van der Waals surface area contributed by atoms with Gasteiger partial charge in [-0.05, 0) is 61.7 Å². The van der Waals surface area contributed by atoms with E-state index < -0.39 is 51.9 Å². The largest absolute Gasteiger partial charge is 0.416 e. The Morgan fingerprint density at radius 3 is 2.13 bits per heavy atom. The van der Waals surface area contributed by atoms with Crippen LogP contribution in [0.2, 0.25) is 15.1 Å². The minimum absolute atomic E-state index is 0.0879. The van der Waals surface area contributed by atoms with Gasteiger partial charge in [0.05, 0.1) is 21.2 Å². The van der Waals surface area contributed by atoms with Crippen molar-refractivity contribution in [1.29, 1.82) is 0 Å². The molecule has 1 aliphatic rings. The summed E-state index contributed by atoms with van der Waals surface area (Å²) in [6.07, 6.45) is -0.172. The van der Waals surface area contributed by atoms with Crippen LogP contribution in [0.15, 0.2) is 71.6 Å². The zero-order valence-corrected chi connectivity index (χ0v) is 28.0. The summed E-state index contributed by atoms with van der Waals surface area (Å²) in [4.78, 5) is 28.9. The van der Waals surface area contributed by atoms with Crippen LogP contribution in [-0.4, -0.2) is 43.8 Å². The molecule has 14 heteroatoms. The molecule has 3 aromatic carbocycles. The van der Waals surface area contributed by atoms with Crippen molar-refractivity contribution in [3.8, 4) is 0 Å². The van der Waals surface area contributed by atoms with Gasteiger partial charge in [-0.2, -0.15) is 13.2 Å². The Balaban J connectivity index is 1.81. The Bertz CT molecular complexity index is 1630. The standard InChI is InChI=1S/C32H33Cl3F3N3O4S/c1-2-28(31(43)39-22-10-5-3-6-11-22)40(19-24-25(33)14-9-15-26(24)34)30(42)20-41(46(44,45)23-12-7-4-8-13-23)29-18-21(32(36,37)38)16-17-27(29)35/h4,7-9,12-18,22,28H,2-3,5-6,10-11,19-20H2,1H3,(H,39,43)/t28-/m0/s1. The molecule has 3 aromatic rings. The third kappa shape index (κ3) is 8.48. The van der Waals surface area contributed by atoms with E-state index in [1.165, 1.54) is 29.2 Å². The van der Waals surface area contributed by atoms with Crippen LogP contribution in [0, 0.1) is 0 Å². The predicted octanol–water partition coefficient (Wildman–Crippen LogP) is 8.12. The van der Waals surface area contributed by atoms with Crippen molar-refractivity contribution in [2.75, 3.05) is 10.8 Å². The number of nitrogens with zero attached hydrogens (tertiary/aromatic N) is 2. The zero-order chi connectivity index (χ0) is 33.6. The van der Waals surface area contributed by atoms with Crippen LogP contribution in [0.4, 0.5) is 18.9 Å². The fourth-order valence-corrected chi connectivity index (χ4v) is 7.66. The predicted molar refractivity (Wildman–Crippen MR) is 174 cm³/mol. The molecule has 0 aromatic heterocycles. The number of rotatable bonds is 11. The summed E-state index contributed by atoms with van der Waals surface area (Å²) in [5.74, 6) is -1.32. The quantitative estimate of drug-likeness (QED) is 0.217. The zero-order valence-electron chi connectivity index (χ0n) is 24.9. The molecule has 1 fully saturated rings. The summed E-state index contributed by atoms with van der Waals surface area (Å²) in [6.45, 7) is 0.443. The molecule has 0 spiro atoms. The first-order chi connectivity index (χ1) is 21.7. The lowest BCUT2D eigenvalue weighted by Crippen LogP contribution is -2.54. The number of sulfonamides is 1. The van der Waals surface area contributed by atoms with Crippen LogP contribution in [0.5, 0.6) is 0 Å². The van der Waals surface area contributed by atoms with Gasteiger partial charge in [0.15, 0.2) is 0 Å². The number of anilines is 1. The van der Waals surface area contributed by atoms with Crippen molar-refractivity contribution in [3.05, 3.63) is 92.9 Å². The third-order valence-electron chi connectivity index (χ3n) is 7.88. The van der Waals surface area contributed by atoms with E-state index in [4.69, 9.17) is 34.8 Å². The minimum Gasteiger partial charge on any atom is -0.352 e. The van der Waals surface area contributed by atoms with Gasteiger partial charge in [0.25, 0.3) is 10.0 Å². The lowest BCUT2D eigenvalue weighted by atomic mass is 9.95. The molecule has 1 N–H and O–H groups in total. The van der Waals surface area contributed by atoms with E-state index in [0.29, 0.717) is 15.9 Å². The number of alkyl halides is 3. The van der Waals surface area contributed by atoms with Gasteiger partial charge in [0, 0.05) is 28.2 Å². The maximum atomic E-state index is 14.3. The topological polar surface area (TPSA) is 86.8 Å². The summed E-state index contributed by atoms with van der Waals surface area (Å²) in [7, 11) is -4.65. The maximum Gasteiger partial charge on any atom is 0.416 e. The number of halogens is 6. The first-order valence-electron chi connectivity index (χ1n) is 14.7. The van der Waals surface area contributed by atoms with Crippen molar-refractivity contribution in [3.63, 3.8) is 0 Å². The van der Waals surface area contributed by atoms with E-state index in [1.54, 1.807) is 31.2 Å². The van der Waals surface area contributed by atoms with Gasteiger partial charge in [-0.15, -0.1) is 0 Å². The monoisotopic (exact) mass is 717 g/mol. The lowest BCUT2D eigenvalue weighted by molar-refractivity contribution is -0.140. The van der Waals surface area contributed by atoms with Crippen molar-refractivity contribution in [2.45, 2.75) is 75.1 Å². The fraction of sp³-hybridized carbons (Fsp3) is 0.375. The van der Waals surface area contributed by atoms with Crippen LogP contribution in [0.3, 0.4) is 0 Å². The Hall–Kier alpha value is -2.99. The molecule has 0 bridgehead atoms. The number of hydrogen-bond donors (Lipinski definition) is 1.